The maximum Gasteiger partial charge on any atom is 0.240 e. The largest absolute Gasteiger partial charge is 0.398 e. The molecule has 0 aliphatic heterocycles. The van der Waals surface area contributed by atoms with Crippen LogP contribution in [0.4, 0.5) is 5.69 Å². The summed E-state index contributed by atoms with van der Waals surface area (Å²) >= 11 is 3.30. The van der Waals surface area contributed by atoms with Crippen LogP contribution >= 0.6 is 15.9 Å². The van der Waals surface area contributed by atoms with Crippen LogP contribution in [-0.4, -0.2) is 15.0 Å². The minimum atomic E-state index is -3.50. The van der Waals surface area contributed by atoms with Gasteiger partial charge in [-0.3, -0.25) is 0 Å². The van der Waals surface area contributed by atoms with Crippen LogP contribution in [0.15, 0.2) is 21.5 Å². The van der Waals surface area contributed by atoms with E-state index in [-0.39, 0.29) is 4.90 Å². The van der Waals surface area contributed by atoms with E-state index < -0.39 is 10.0 Å². The van der Waals surface area contributed by atoms with E-state index in [0.29, 0.717) is 28.2 Å². The first-order valence-electron chi connectivity index (χ1n) is 6.95. The number of nitrogens with two attached hydrogens (primary N) is 1. The van der Waals surface area contributed by atoms with Crippen molar-refractivity contribution in [3.8, 4) is 0 Å². The summed E-state index contributed by atoms with van der Waals surface area (Å²) in [5.41, 5.74) is 6.92. The maximum atomic E-state index is 12.4. The molecule has 0 amide bonds. The molecule has 112 valence electrons. The first-order valence-corrected chi connectivity index (χ1v) is 9.23. The van der Waals surface area contributed by atoms with Crippen LogP contribution in [0.1, 0.15) is 37.7 Å². The molecule has 2 rings (SSSR count). The van der Waals surface area contributed by atoms with Crippen molar-refractivity contribution in [3.05, 3.63) is 22.2 Å². The smallest absolute Gasteiger partial charge is 0.240 e. The minimum Gasteiger partial charge on any atom is -0.398 e. The first-order chi connectivity index (χ1) is 9.40. The number of sulfonamides is 1. The molecule has 0 aromatic heterocycles. The van der Waals surface area contributed by atoms with Crippen molar-refractivity contribution in [1.82, 2.24) is 4.72 Å². The zero-order valence-electron chi connectivity index (χ0n) is 11.7. The second-order valence-electron chi connectivity index (χ2n) is 5.47. The lowest BCUT2D eigenvalue weighted by atomic mass is 9.90. The molecule has 0 spiro atoms. The Morgan fingerprint density at radius 3 is 2.60 bits per heavy atom. The molecule has 1 aromatic carbocycles. The number of anilines is 1. The Kier molecular flexibility index (Phi) is 5.09. The highest BCUT2D eigenvalue weighted by Gasteiger charge is 2.21. The third-order valence-electron chi connectivity index (χ3n) is 3.94. The van der Waals surface area contributed by atoms with Gasteiger partial charge in [-0.1, -0.05) is 35.2 Å². The number of halogens is 1. The van der Waals surface area contributed by atoms with Crippen LogP contribution in [-0.2, 0) is 10.0 Å². The Morgan fingerprint density at radius 1 is 1.30 bits per heavy atom. The third kappa shape index (κ3) is 3.74. The van der Waals surface area contributed by atoms with Gasteiger partial charge in [-0.15, -0.1) is 0 Å². The van der Waals surface area contributed by atoms with Crippen LogP contribution in [0.25, 0.3) is 0 Å². The topological polar surface area (TPSA) is 72.2 Å². The summed E-state index contributed by atoms with van der Waals surface area (Å²) in [5, 5.41) is 0. The van der Waals surface area contributed by atoms with Crippen LogP contribution in [0, 0.1) is 12.8 Å². The highest BCUT2D eigenvalue weighted by molar-refractivity contribution is 9.10. The normalized spacial score (nSPS) is 17.3. The van der Waals surface area contributed by atoms with Crippen molar-refractivity contribution >= 4 is 31.6 Å². The highest BCUT2D eigenvalue weighted by Crippen LogP contribution is 2.27. The van der Waals surface area contributed by atoms with Crippen molar-refractivity contribution in [2.24, 2.45) is 5.92 Å². The van der Waals surface area contributed by atoms with Crippen LogP contribution in [0.3, 0.4) is 0 Å². The molecule has 3 N–H and O–H groups in total. The predicted molar refractivity (Wildman–Crippen MR) is 85.1 cm³/mol. The second-order valence-corrected chi connectivity index (χ2v) is 8.13. The molecule has 1 saturated carbocycles. The van der Waals surface area contributed by atoms with Gasteiger partial charge in [-0.25, -0.2) is 13.1 Å². The molecular formula is C14H21BrN2O2S. The second kappa shape index (κ2) is 6.45. The SMILES string of the molecule is Cc1c(N)cc(Br)cc1S(=O)(=O)NCC1CCCCC1. The summed E-state index contributed by atoms with van der Waals surface area (Å²) in [6.45, 7) is 2.26. The summed E-state index contributed by atoms with van der Waals surface area (Å²) in [4.78, 5) is 0.264. The maximum absolute atomic E-state index is 12.4. The molecule has 1 aliphatic carbocycles. The van der Waals surface area contributed by atoms with Crippen LogP contribution < -0.4 is 10.5 Å². The third-order valence-corrected chi connectivity index (χ3v) is 5.95. The summed E-state index contributed by atoms with van der Waals surface area (Å²) in [5.74, 6) is 0.461. The molecule has 0 unspecified atom stereocenters. The molecule has 0 radical (unpaired) electrons. The van der Waals surface area contributed by atoms with E-state index in [4.69, 9.17) is 5.73 Å². The Labute approximate surface area is 129 Å². The van der Waals surface area contributed by atoms with Gasteiger partial charge in [0.1, 0.15) is 0 Å². The molecule has 0 bridgehead atoms. The number of hydrogen-bond donors (Lipinski definition) is 2. The number of nitrogens with one attached hydrogen (secondary N) is 1. The summed E-state index contributed by atoms with van der Waals surface area (Å²) in [6.07, 6.45) is 5.90. The van der Waals surface area contributed by atoms with Gasteiger partial charge in [0.25, 0.3) is 0 Å². The van der Waals surface area contributed by atoms with E-state index in [0.717, 1.165) is 12.8 Å². The summed E-state index contributed by atoms with van der Waals surface area (Å²) in [6, 6.07) is 3.32. The molecule has 0 saturated heterocycles. The van der Waals surface area contributed by atoms with E-state index in [2.05, 4.69) is 20.7 Å². The Balaban J connectivity index is 2.14. The molecule has 0 atom stereocenters. The van der Waals surface area contributed by atoms with E-state index in [1.54, 1.807) is 19.1 Å². The average molecular weight is 361 g/mol. The van der Waals surface area contributed by atoms with Gasteiger partial charge in [0.05, 0.1) is 4.90 Å². The quantitative estimate of drug-likeness (QED) is 0.809. The van der Waals surface area contributed by atoms with Crippen LogP contribution in [0.2, 0.25) is 0 Å². The zero-order chi connectivity index (χ0) is 14.8. The predicted octanol–water partition coefficient (Wildman–Crippen LogP) is 3.20. The first kappa shape index (κ1) is 15.8. The van der Waals surface area contributed by atoms with Gasteiger partial charge in [-0.05, 0) is 43.4 Å². The fourth-order valence-corrected chi connectivity index (χ4v) is 4.69. The Hall–Kier alpha value is -0.590. The molecular weight excluding hydrogens is 340 g/mol. The van der Waals surface area contributed by atoms with Gasteiger partial charge in [-0.2, -0.15) is 0 Å². The minimum absolute atomic E-state index is 0.264. The average Bonchev–Trinajstić information content (AvgIpc) is 2.42. The van der Waals surface area contributed by atoms with E-state index in [1.165, 1.54) is 19.3 Å². The van der Waals surface area contributed by atoms with Crippen molar-refractivity contribution in [2.75, 3.05) is 12.3 Å². The van der Waals surface area contributed by atoms with E-state index in [1.807, 2.05) is 0 Å². The van der Waals surface area contributed by atoms with E-state index in [9.17, 15) is 8.42 Å². The van der Waals surface area contributed by atoms with Crippen molar-refractivity contribution in [3.63, 3.8) is 0 Å². The molecule has 4 nitrogen and oxygen atoms in total. The summed E-state index contributed by atoms with van der Waals surface area (Å²) < 4.78 is 28.2. The van der Waals surface area contributed by atoms with Crippen molar-refractivity contribution in [1.29, 1.82) is 0 Å². The number of hydrogen-bond acceptors (Lipinski definition) is 3. The van der Waals surface area contributed by atoms with Crippen LogP contribution in [0.5, 0.6) is 0 Å². The number of nitrogen functional groups attached to an aromatic ring is 1. The Bertz CT molecular complexity index is 581. The standard InChI is InChI=1S/C14H21BrN2O2S/c1-10-13(16)7-12(15)8-14(10)20(18,19)17-9-11-5-3-2-4-6-11/h7-8,11,17H,2-6,9,16H2,1H3. The number of benzene rings is 1. The molecule has 1 fully saturated rings. The van der Waals surface area contributed by atoms with Crippen molar-refractivity contribution < 1.29 is 8.42 Å². The molecule has 20 heavy (non-hydrogen) atoms. The van der Waals surface area contributed by atoms with Gasteiger partial charge in [0.15, 0.2) is 0 Å². The fourth-order valence-electron chi connectivity index (χ4n) is 2.65. The molecule has 0 heterocycles. The lowest BCUT2D eigenvalue weighted by molar-refractivity contribution is 0.357. The highest BCUT2D eigenvalue weighted by atomic mass is 79.9. The van der Waals surface area contributed by atoms with E-state index >= 15 is 0 Å². The van der Waals surface area contributed by atoms with Gasteiger partial charge in [0, 0.05) is 16.7 Å². The molecule has 1 aliphatic rings. The zero-order valence-corrected chi connectivity index (χ0v) is 14.1. The molecule has 6 heteroatoms. The lowest BCUT2D eigenvalue weighted by Crippen LogP contribution is -2.31. The fraction of sp³-hybridized carbons (Fsp3) is 0.571. The van der Waals surface area contributed by atoms with Gasteiger partial charge < -0.3 is 5.73 Å². The monoisotopic (exact) mass is 360 g/mol. The Morgan fingerprint density at radius 2 is 1.95 bits per heavy atom. The van der Waals surface area contributed by atoms with Crippen molar-refractivity contribution in [2.45, 2.75) is 43.9 Å². The number of rotatable bonds is 4. The summed E-state index contributed by atoms with van der Waals surface area (Å²) in [7, 11) is -3.50. The van der Waals surface area contributed by atoms with Gasteiger partial charge in [0.2, 0.25) is 10.0 Å². The van der Waals surface area contributed by atoms with Gasteiger partial charge >= 0.3 is 0 Å². The molecule has 1 aromatic rings. The lowest BCUT2D eigenvalue weighted by Gasteiger charge is -2.22.